The fourth-order valence-electron chi connectivity index (χ4n) is 0.837. The van der Waals surface area contributed by atoms with Gasteiger partial charge in [-0.1, -0.05) is 6.42 Å². The summed E-state index contributed by atoms with van der Waals surface area (Å²) in [7, 11) is 0. The largest absolute Gasteiger partial charge is 0.298 e. The maximum absolute atomic E-state index is 7.36. The van der Waals surface area contributed by atoms with Crippen molar-refractivity contribution < 1.29 is 0 Å². The summed E-state index contributed by atoms with van der Waals surface area (Å²) in [6, 6.07) is 0. The van der Waals surface area contributed by atoms with E-state index in [1.165, 1.54) is 19.3 Å². The molecule has 0 aromatic rings. The highest BCUT2D eigenvalue weighted by molar-refractivity contribution is 8.13. The number of nitrogens with one attached hydrogen (secondary N) is 1. The van der Waals surface area contributed by atoms with E-state index in [0.29, 0.717) is 5.92 Å². The summed E-state index contributed by atoms with van der Waals surface area (Å²) in [6.45, 7) is 0. The fourth-order valence-corrected chi connectivity index (χ4v) is 1.41. The van der Waals surface area contributed by atoms with Crippen LogP contribution >= 0.6 is 11.8 Å². The first kappa shape index (κ1) is 6.14. The van der Waals surface area contributed by atoms with Gasteiger partial charge in [-0.3, -0.25) is 5.41 Å². The fraction of sp³-hybridized carbons (Fsp3) is 0.833. The minimum atomic E-state index is 0.644. The first-order valence-electron chi connectivity index (χ1n) is 2.97. The van der Waals surface area contributed by atoms with Crippen molar-refractivity contribution >= 4 is 16.8 Å². The van der Waals surface area contributed by atoms with Gasteiger partial charge in [-0.15, -0.1) is 11.8 Å². The Bertz CT molecular complexity index is 96.7. The molecule has 1 N–H and O–H groups in total. The van der Waals surface area contributed by atoms with E-state index in [0.717, 1.165) is 5.04 Å². The number of hydrogen-bond acceptors (Lipinski definition) is 2. The number of rotatable bonds is 1. The highest BCUT2D eigenvalue weighted by Crippen LogP contribution is 2.30. The SMILES string of the molecule is CSC(=N)C1CCC1. The third-order valence-electron chi connectivity index (χ3n) is 1.70. The Balaban J connectivity index is 2.24. The topological polar surface area (TPSA) is 23.9 Å². The molecule has 8 heavy (non-hydrogen) atoms. The molecule has 0 saturated heterocycles. The molecule has 0 heterocycles. The Kier molecular flexibility index (Phi) is 1.95. The van der Waals surface area contributed by atoms with E-state index in [1.54, 1.807) is 11.8 Å². The lowest BCUT2D eigenvalue weighted by Gasteiger charge is -2.24. The zero-order valence-corrected chi connectivity index (χ0v) is 5.92. The van der Waals surface area contributed by atoms with Crippen LogP contribution in [-0.4, -0.2) is 11.3 Å². The van der Waals surface area contributed by atoms with E-state index in [9.17, 15) is 0 Å². The quantitative estimate of drug-likeness (QED) is 0.425. The standard InChI is InChI=1S/C6H11NS/c1-8-6(7)5-3-2-4-5/h5,7H,2-4H2,1H3. The molecule has 2 heteroatoms. The molecule has 1 nitrogen and oxygen atoms in total. The molecule has 0 aliphatic heterocycles. The maximum atomic E-state index is 7.36. The van der Waals surface area contributed by atoms with Crippen LogP contribution in [-0.2, 0) is 0 Å². The minimum Gasteiger partial charge on any atom is -0.298 e. The number of hydrogen-bond donors (Lipinski definition) is 1. The van der Waals surface area contributed by atoms with Gasteiger partial charge in [0.25, 0.3) is 0 Å². The second-order valence-corrected chi connectivity index (χ2v) is 3.04. The Morgan fingerprint density at radius 1 is 1.62 bits per heavy atom. The predicted molar refractivity (Wildman–Crippen MR) is 38.6 cm³/mol. The minimum absolute atomic E-state index is 0.644. The second kappa shape index (κ2) is 2.53. The third kappa shape index (κ3) is 1.05. The maximum Gasteiger partial charge on any atom is 0.0669 e. The molecule has 0 unspecified atom stereocenters. The zero-order chi connectivity index (χ0) is 5.98. The van der Waals surface area contributed by atoms with Gasteiger partial charge in [0.05, 0.1) is 5.04 Å². The van der Waals surface area contributed by atoms with Crippen LogP contribution in [0.5, 0.6) is 0 Å². The Labute approximate surface area is 54.4 Å². The van der Waals surface area contributed by atoms with Gasteiger partial charge in [0.15, 0.2) is 0 Å². The van der Waals surface area contributed by atoms with Crippen molar-refractivity contribution in [3.05, 3.63) is 0 Å². The van der Waals surface area contributed by atoms with Crippen molar-refractivity contribution in [2.24, 2.45) is 5.92 Å². The molecule has 0 amide bonds. The summed E-state index contributed by atoms with van der Waals surface area (Å²) < 4.78 is 0. The average molecular weight is 129 g/mol. The summed E-state index contributed by atoms with van der Waals surface area (Å²) in [5, 5.41) is 8.24. The van der Waals surface area contributed by atoms with Crippen LogP contribution in [0.2, 0.25) is 0 Å². The molecule has 0 aromatic heterocycles. The van der Waals surface area contributed by atoms with Crippen LogP contribution in [0.4, 0.5) is 0 Å². The first-order valence-corrected chi connectivity index (χ1v) is 4.19. The molecule has 1 aliphatic carbocycles. The molecule has 0 aromatic carbocycles. The Hall–Kier alpha value is 0.0200. The molecule has 0 bridgehead atoms. The van der Waals surface area contributed by atoms with Crippen LogP contribution in [0.1, 0.15) is 19.3 Å². The summed E-state index contributed by atoms with van der Waals surface area (Å²) in [6.07, 6.45) is 5.85. The molecular weight excluding hydrogens is 118 g/mol. The molecule has 0 radical (unpaired) electrons. The van der Waals surface area contributed by atoms with Crippen molar-refractivity contribution in [2.75, 3.05) is 6.26 Å². The van der Waals surface area contributed by atoms with Crippen molar-refractivity contribution in [2.45, 2.75) is 19.3 Å². The molecule has 46 valence electrons. The van der Waals surface area contributed by atoms with Gasteiger partial charge in [-0.25, -0.2) is 0 Å². The molecule has 1 rings (SSSR count). The van der Waals surface area contributed by atoms with E-state index in [2.05, 4.69) is 0 Å². The average Bonchev–Trinajstić information content (AvgIpc) is 1.62. The summed E-state index contributed by atoms with van der Waals surface area (Å²) in [4.78, 5) is 0. The number of thioether (sulfide) groups is 1. The molecule has 1 fully saturated rings. The van der Waals surface area contributed by atoms with Gasteiger partial charge in [-0.2, -0.15) is 0 Å². The lowest BCUT2D eigenvalue weighted by molar-refractivity contribution is 0.417. The highest BCUT2D eigenvalue weighted by Gasteiger charge is 2.20. The summed E-state index contributed by atoms with van der Waals surface area (Å²) in [5.41, 5.74) is 0. The van der Waals surface area contributed by atoms with Gasteiger partial charge in [0.1, 0.15) is 0 Å². The van der Waals surface area contributed by atoms with Gasteiger partial charge in [0, 0.05) is 5.92 Å². The highest BCUT2D eigenvalue weighted by atomic mass is 32.2. The van der Waals surface area contributed by atoms with Crippen LogP contribution in [0.3, 0.4) is 0 Å². The van der Waals surface area contributed by atoms with Crippen molar-refractivity contribution in [1.29, 1.82) is 5.41 Å². The second-order valence-electron chi connectivity index (χ2n) is 2.20. The molecule has 1 saturated carbocycles. The van der Waals surface area contributed by atoms with Gasteiger partial charge in [0.2, 0.25) is 0 Å². The molecule has 0 atom stereocenters. The van der Waals surface area contributed by atoms with Crippen LogP contribution < -0.4 is 0 Å². The van der Waals surface area contributed by atoms with Crippen LogP contribution in [0.15, 0.2) is 0 Å². The smallest absolute Gasteiger partial charge is 0.0669 e. The van der Waals surface area contributed by atoms with Gasteiger partial charge >= 0.3 is 0 Å². The third-order valence-corrected chi connectivity index (χ3v) is 2.47. The van der Waals surface area contributed by atoms with Crippen molar-refractivity contribution in [3.63, 3.8) is 0 Å². The molecule has 1 aliphatic rings. The lowest BCUT2D eigenvalue weighted by atomic mass is 9.86. The van der Waals surface area contributed by atoms with E-state index in [1.807, 2.05) is 6.26 Å². The van der Waals surface area contributed by atoms with Crippen LogP contribution in [0.25, 0.3) is 0 Å². The normalized spacial score (nSPS) is 20.1. The first-order chi connectivity index (χ1) is 3.84. The van der Waals surface area contributed by atoms with Gasteiger partial charge in [-0.05, 0) is 19.1 Å². The molecule has 0 spiro atoms. The van der Waals surface area contributed by atoms with E-state index >= 15 is 0 Å². The van der Waals surface area contributed by atoms with Crippen molar-refractivity contribution in [3.8, 4) is 0 Å². The Morgan fingerprint density at radius 2 is 2.25 bits per heavy atom. The summed E-state index contributed by atoms with van der Waals surface area (Å²) in [5.74, 6) is 0.644. The monoisotopic (exact) mass is 129 g/mol. The van der Waals surface area contributed by atoms with Crippen LogP contribution in [0, 0.1) is 11.3 Å². The zero-order valence-electron chi connectivity index (χ0n) is 5.11. The van der Waals surface area contributed by atoms with E-state index in [-0.39, 0.29) is 0 Å². The van der Waals surface area contributed by atoms with E-state index in [4.69, 9.17) is 5.41 Å². The predicted octanol–water partition coefficient (Wildman–Crippen LogP) is 2.13. The lowest BCUT2D eigenvalue weighted by Crippen LogP contribution is -2.17. The molecular formula is C6H11NS. The van der Waals surface area contributed by atoms with Gasteiger partial charge < -0.3 is 0 Å². The summed E-state index contributed by atoms with van der Waals surface area (Å²) >= 11 is 1.59. The Morgan fingerprint density at radius 3 is 2.38 bits per heavy atom. The van der Waals surface area contributed by atoms with E-state index < -0.39 is 0 Å². The van der Waals surface area contributed by atoms with Crippen molar-refractivity contribution in [1.82, 2.24) is 0 Å².